The number of rotatable bonds is 5. The molecule has 0 saturated heterocycles. The Hall–Kier alpha value is -3.60. The van der Waals surface area contributed by atoms with E-state index in [4.69, 9.17) is 11.1 Å². The summed E-state index contributed by atoms with van der Waals surface area (Å²) in [6, 6.07) is 22.6. The van der Waals surface area contributed by atoms with E-state index in [1.165, 1.54) is 30.0 Å². The molecule has 5 heteroatoms. The molecule has 32 heavy (non-hydrogen) atoms. The maximum atomic E-state index is 13.3. The van der Waals surface area contributed by atoms with Crippen LogP contribution in [-0.4, -0.2) is 22.4 Å². The van der Waals surface area contributed by atoms with E-state index in [9.17, 15) is 4.79 Å². The molecular weight excluding hydrogens is 396 g/mol. The first kappa shape index (κ1) is 20.3. The second kappa shape index (κ2) is 8.50. The first-order valence-corrected chi connectivity index (χ1v) is 11.3. The highest BCUT2D eigenvalue weighted by Crippen LogP contribution is 2.25. The van der Waals surface area contributed by atoms with Crippen molar-refractivity contribution in [3.05, 3.63) is 83.6 Å². The van der Waals surface area contributed by atoms with E-state index in [-0.39, 0.29) is 17.8 Å². The number of nitrogens with two attached hydrogens (primary N) is 1. The zero-order valence-electron chi connectivity index (χ0n) is 18.1. The van der Waals surface area contributed by atoms with Crippen molar-refractivity contribution in [3.63, 3.8) is 0 Å². The third-order valence-corrected chi connectivity index (χ3v) is 6.54. The SMILES string of the molecule is N=C(N)c1ccc2cc(C(=O)NC3CCCCC3)n(Cc3ccc4ccccc4c3)c2c1. The number of hydrogen-bond donors (Lipinski definition) is 3. The van der Waals surface area contributed by atoms with E-state index in [0.29, 0.717) is 17.8 Å². The Bertz CT molecular complexity index is 1310. The monoisotopic (exact) mass is 424 g/mol. The highest BCUT2D eigenvalue weighted by atomic mass is 16.2. The van der Waals surface area contributed by atoms with Gasteiger partial charge in [0.25, 0.3) is 5.91 Å². The van der Waals surface area contributed by atoms with Gasteiger partial charge < -0.3 is 15.6 Å². The minimum Gasteiger partial charge on any atom is -0.384 e. The summed E-state index contributed by atoms with van der Waals surface area (Å²) in [5.41, 5.74) is 9.11. The van der Waals surface area contributed by atoms with Gasteiger partial charge in [0.15, 0.2) is 0 Å². The van der Waals surface area contributed by atoms with Gasteiger partial charge in [-0.3, -0.25) is 10.2 Å². The molecule has 4 N–H and O–H groups in total. The Morgan fingerprint density at radius 3 is 2.47 bits per heavy atom. The van der Waals surface area contributed by atoms with Crippen molar-refractivity contribution in [3.8, 4) is 0 Å². The van der Waals surface area contributed by atoms with Crippen molar-refractivity contribution >= 4 is 33.4 Å². The Morgan fingerprint density at radius 1 is 0.938 bits per heavy atom. The minimum absolute atomic E-state index is 0.0264. The zero-order valence-corrected chi connectivity index (χ0v) is 18.1. The second-order valence-corrected chi connectivity index (χ2v) is 8.79. The second-order valence-electron chi connectivity index (χ2n) is 8.79. The highest BCUT2D eigenvalue weighted by molar-refractivity contribution is 6.02. The van der Waals surface area contributed by atoms with Crippen LogP contribution in [0.25, 0.3) is 21.7 Å². The van der Waals surface area contributed by atoms with Gasteiger partial charge in [0.05, 0.1) is 0 Å². The first-order valence-electron chi connectivity index (χ1n) is 11.3. The van der Waals surface area contributed by atoms with Gasteiger partial charge in [0.1, 0.15) is 11.5 Å². The van der Waals surface area contributed by atoms with E-state index >= 15 is 0 Å². The lowest BCUT2D eigenvalue weighted by Gasteiger charge is -2.23. The normalized spacial score (nSPS) is 14.6. The number of hydrogen-bond acceptors (Lipinski definition) is 2. The molecule has 1 saturated carbocycles. The Morgan fingerprint density at radius 2 is 1.69 bits per heavy atom. The fourth-order valence-electron chi connectivity index (χ4n) is 4.81. The molecule has 4 aromatic rings. The molecule has 1 aliphatic carbocycles. The Kier molecular flexibility index (Phi) is 5.39. The summed E-state index contributed by atoms with van der Waals surface area (Å²) in [6.45, 7) is 0.573. The van der Waals surface area contributed by atoms with E-state index in [2.05, 4.69) is 40.2 Å². The number of aromatic nitrogens is 1. The summed E-state index contributed by atoms with van der Waals surface area (Å²) in [5, 5.41) is 14.5. The lowest BCUT2D eigenvalue weighted by atomic mass is 9.95. The Balaban J connectivity index is 1.56. The number of nitrogen functional groups attached to an aromatic ring is 1. The predicted molar refractivity (Wildman–Crippen MR) is 130 cm³/mol. The number of nitrogens with one attached hydrogen (secondary N) is 2. The number of carbonyl (C=O) groups excluding carboxylic acids is 1. The molecule has 3 aromatic carbocycles. The van der Waals surface area contributed by atoms with Crippen LogP contribution in [0.2, 0.25) is 0 Å². The number of benzene rings is 3. The predicted octanol–water partition coefficient (Wildman–Crippen LogP) is 5.19. The number of fused-ring (bicyclic) bond motifs is 2. The third-order valence-electron chi connectivity index (χ3n) is 6.54. The third kappa shape index (κ3) is 3.98. The largest absolute Gasteiger partial charge is 0.384 e. The van der Waals surface area contributed by atoms with Gasteiger partial charge in [0.2, 0.25) is 0 Å². The molecule has 1 fully saturated rings. The van der Waals surface area contributed by atoms with Gasteiger partial charge in [-0.05, 0) is 47.4 Å². The molecule has 162 valence electrons. The zero-order chi connectivity index (χ0) is 22.1. The van der Waals surface area contributed by atoms with Crippen LogP contribution < -0.4 is 11.1 Å². The maximum Gasteiger partial charge on any atom is 0.268 e. The van der Waals surface area contributed by atoms with Gasteiger partial charge in [-0.25, -0.2) is 0 Å². The number of amides is 1. The van der Waals surface area contributed by atoms with Crippen LogP contribution in [0.5, 0.6) is 0 Å². The van der Waals surface area contributed by atoms with Crippen molar-refractivity contribution in [2.24, 2.45) is 5.73 Å². The van der Waals surface area contributed by atoms with Crippen molar-refractivity contribution in [2.75, 3.05) is 0 Å². The van der Waals surface area contributed by atoms with Gasteiger partial charge >= 0.3 is 0 Å². The maximum absolute atomic E-state index is 13.3. The fraction of sp³-hybridized carbons (Fsp3) is 0.259. The molecule has 0 aliphatic heterocycles. The average molecular weight is 425 g/mol. The molecule has 0 bridgehead atoms. The summed E-state index contributed by atoms with van der Waals surface area (Å²) in [7, 11) is 0. The van der Waals surface area contributed by atoms with Crippen LogP contribution in [0.15, 0.2) is 66.7 Å². The van der Waals surface area contributed by atoms with Gasteiger partial charge in [0, 0.05) is 29.1 Å². The summed E-state index contributed by atoms with van der Waals surface area (Å²) in [4.78, 5) is 13.3. The summed E-state index contributed by atoms with van der Waals surface area (Å²) in [5.74, 6) is -0.00294. The van der Waals surface area contributed by atoms with E-state index in [1.807, 2.05) is 36.4 Å². The summed E-state index contributed by atoms with van der Waals surface area (Å²) < 4.78 is 2.06. The standard InChI is InChI=1S/C27H28N4O/c28-26(29)22-13-12-21-15-25(27(32)30-23-8-2-1-3-9-23)31(24(21)16-22)17-18-10-11-19-6-4-5-7-20(19)14-18/h4-7,10-16,23H,1-3,8-9,17H2,(H3,28,29)(H,30,32). The molecule has 1 amide bonds. The first-order chi connectivity index (χ1) is 15.6. The van der Waals surface area contributed by atoms with Gasteiger partial charge in [-0.15, -0.1) is 0 Å². The molecule has 1 aromatic heterocycles. The van der Waals surface area contributed by atoms with Gasteiger partial charge in [-0.1, -0.05) is 67.8 Å². The Labute approximate surface area is 187 Å². The molecule has 1 heterocycles. The number of carbonyl (C=O) groups is 1. The van der Waals surface area contributed by atoms with Crippen LogP contribution in [0.4, 0.5) is 0 Å². The van der Waals surface area contributed by atoms with Gasteiger partial charge in [-0.2, -0.15) is 0 Å². The average Bonchev–Trinajstić information content (AvgIpc) is 3.17. The number of amidine groups is 1. The highest BCUT2D eigenvalue weighted by Gasteiger charge is 2.21. The van der Waals surface area contributed by atoms with E-state index in [0.717, 1.165) is 29.3 Å². The fourth-order valence-corrected chi connectivity index (χ4v) is 4.81. The molecule has 0 unspecified atom stereocenters. The molecule has 1 aliphatic rings. The van der Waals surface area contributed by atoms with Crippen LogP contribution >= 0.6 is 0 Å². The molecule has 5 rings (SSSR count). The lowest BCUT2D eigenvalue weighted by molar-refractivity contribution is 0.0919. The molecule has 5 nitrogen and oxygen atoms in total. The van der Waals surface area contributed by atoms with E-state index < -0.39 is 0 Å². The van der Waals surface area contributed by atoms with Crippen LogP contribution in [-0.2, 0) is 6.54 Å². The van der Waals surface area contributed by atoms with Crippen molar-refractivity contribution in [2.45, 2.75) is 44.7 Å². The topological polar surface area (TPSA) is 83.9 Å². The summed E-state index contributed by atoms with van der Waals surface area (Å²) >= 11 is 0. The summed E-state index contributed by atoms with van der Waals surface area (Å²) in [6.07, 6.45) is 5.69. The molecular formula is C27H28N4O. The van der Waals surface area contributed by atoms with Crippen LogP contribution in [0.3, 0.4) is 0 Å². The smallest absolute Gasteiger partial charge is 0.268 e. The van der Waals surface area contributed by atoms with Crippen molar-refractivity contribution in [1.82, 2.24) is 9.88 Å². The van der Waals surface area contributed by atoms with Crippen molar-refractivity contribution in [1.29, 1.82) is 5.41 Å². The lowest BCUT2D eigenvalue weighted by Crippen LogP contribution is -2.37. The van der Waals surface area contributed by atoms with E-state index in [1.54, 1.807) is 0 Å². The molecule has 0 spiro atoms. The van der Waals surface area contributed by atoms with Crippen LogP contribution in [0.1, 0.15) is 53.7 Å². The minimum atomic E-state index is -0.0294. The molecule has 0 atom stereocenters. The molecule has 0 radical (unpaired) electrons. The van der Waals surface area contributed by atoms with Crippen molar-refractivity contribution < 1.29 is 4.79 Å². The van der Waals surface area contributed by atoms with Crippen LogP contribution in [0, 0.1) is 5.41 Å². The number of nitrogens with zero attached hydrogens (tertiary/aromatic N) is 1. The quantitative estimate of drug-likeness (QED) is 0.304.